The van der Waals surface area contributed by atoms with Gasteiger partial charge in [0.1, 0.15) is 23.3 Å². The molecule has 3 aromatic rings. The summed E-state index contributed by atoms with van der Waals surface area (Å²) in [6.07, 6.45) is 8.07. The molecule has 0 atom stereocenters. The number of benzene rings is 2. The number of aromatic nitrogens is 2. The van der Waals surface area contributed by atoms with Crippen molar-refractivity contribution < 1.29 is 23.2 Å². The Hall–Kier alpha value is -4.60. The number of imidazole rings is 1. The van der Waals surface area contributed by atoms with E-state index in [2.05, 4.69) is 20.6 Å². The fraction of sp³-hybridized carbons (Fsp3) is 0.290. The van der Waals surface area contributed by atoms with Gasteiger partial charge in [0, 0.05) is 42.2 Å². The molecule has 0 unspecified atom stereocenters. The van der Waals surface area contributed by atoms with Crippen molar-refractivity contribution in [3.63, 3.8) is 0 Å². The van der Waals surface area contributed by atoms with Crippen LogP contribution in [0.25, 0.3) is 11.6 Å². The number of carbonyl (C=O) groups is 3. The molecule has 8 nitrogen and oxygen atoms in total. The number of hydrogen-bond acceptors (Lipinski definition) is 4. The van der Waals surface area contributed by atoms with Gasteiger partial charge in [0.15, 0.2) is 0 Å². The Morgan fingerprint density at radius 3 is 2.56 bits per heavy atom. The van der Waals surface area contributed by atoms with Crippen LogP contribution in [-0.2, 0) is 11.3 Å². The standard InChI is InChI=1S/C31H33F2N5O3/c1-5-7-20(11-13-26-34-18-27(37-26)36-19(2)39)23-8-6-9-24(28(23)33)29(40)35-17-22-16-21(10-12-25(22)32)30(41)38-15-14-31(38,3)4/h6-13,16,18H,5,14-15,17H2,1-4H3,(H,34,37)(H,35,40)(H,36,39)/b13-11-,20-7-. The van der Waals surface area contributed by atoms with Gasteiger partial charge in [-0.2, -0.15) is 0 Å². The number of rotatable bonds is 9. The number of carbonyl (C=O) groups excluding carboxylic acids is 3. The highest BCUT2D eigenvalue weighted by Gasteiger charge is 2.39. The lowest BCUT2D eigenvalue weighted by molar-refractivity contribution is -0.114. The van der Waals surface area contributed by atoms with Crippen molar-refractivity contribution in [2.45, 2.75) is 52.6 Å². The number of anilines is 1. The molecule has 0 saturated carbocycles. The van der Waals surface area contributed by atoms with Crippen LogP contribution in [0, 0.1) is 11.6 Å². The van der Waals surface area contributed by atoms with E-state index in [9.17, 15) is 18.8 Å². The number of allylic oxidation sites excluding steroid dienone is 3. The summed E-state index contributed by atoms with van der Waals surface area (Å²) < 4.78 is 30.2. The molecular formula is C31H33F2N5O3. The van der Waals surface area contributed by atoms with Crippen molar-refractivity contribution in [1.29, 1.82) is 0 Å². The van der Waals surface area contributed by atoms with Gasteiger partial charge in [0.25, 0.3) is 11.8 Å². The van der Waals surface area contributed by atoms with Crippen LogP contribution >= 0.6 is 0 Å². The van der Waals surface area contributed by atoms with Crippen LogP contribution in [0.15, 0.2) is 54.7 Å². The Morgan fingerprint density at radius 2 is 1.90 bits per heavy atom. The van der Waals surface area contributed by atoms with E-state index in [1.807, 2.05) is 26.8 Å². The molecule has 2 aromatic carbocycles. The SMILES string of the molecule is CC/C=C(/C=C\c1ncc(NC(C)=O)[nH]1)c1cccc(C(=O)NCc2cc(C(=O)N3CCC3(C)C)ccc2F)c1F. The summed E-state index contributed by atoms with van der Waals surface area (Å²) in [4.78, 5) is 45.9. The quantitative estimate of drug-likeness (QED) is 0.291. The normalized spacial score (nSPS) is 14.6. The van der Waals surface area contributed by atoms with E-state index in [0.717, 1.165) is 6.42 Å². The van der Waals surface area contributed by atoms with Gasteiger partial charge < -0.3 is 20.5 Å². The second kappa shape index (κ2) is 12.3. The summed E-state index contributed by atoms with van der Waals surface area (Å²) in [6.45, 7) is 7.65. The average molecular weight is 562 g/mol. The Morgan fingerprint density at radius 1 is 1.15 bits per heavy atom. The summed E-state index contributed by atoms with van der Waals surface area (Å²) in [7, 11) is 0. The first-order valence-electron chi connectivity index (χ1n) is 13.4. The number of H-pyrrole nitrogens is 1. The number of aromatic amines is 1. The zero-order chi connectivity index (χ0) is 29.7. The van der Waals surface area contributed by atoms with Gasteiger partial charge in [-0.25, -0.2) is 13.8 Å². The summed E-state index contributed by atoms with van der Waals surface area (Å²) in [6, 6.07) is 8.55. The average Bonchev–Trinajstić information content (AvgIpc) is 3.36. The van der Waals surface area contributed by atoms with Gasteiger partial charge in [-0.3, -0.25) is 14.4 Å². The molecule has 4 rings (SSSR count). The maximum atomic E-state index is 15.6. The molecule has 1 fully saturated rings. The minimum Gasteiger partial charge on any atom is -0.348 e. The highest BCUT2D eigenvalue weighted by Crippen LogP contribution is 2.31. The van der Waals surface area contributed by atoms with E-state index in [0.29, 0.717) is 35.7 Å². The summed E-state index contributed by atoms with van der Waals surface area (Å²) in [5.74, 6) is -1.57. The summed E-state index contributed by atoms with van der Waals surface area (Å²) >= 11 is 0. The fourth-order valence-corrected chi connectivity index (χ4v) is 4.58. The van der Waals surface area contributed by atoms with Crippen molar-refractivity contribution in [2.24, 2.45) is 0 Å². The molecular weight excluding hydrogens is 528 g/mol. The van der Waals surface area contributed by atoms with Crippen molar-refractivity contribution in [2.75, 3.05) is 11.9 Å². The van der Waals surface area contributed by atoms with Crippen molar-refractivity contribution in [3.05, 3.63) is 94.5 Å². The van der Waals surface area contributed by atoms with Gasteiger partial charge in [-0.15, -0.1) is 0 Å². The zero-order valence-electron chi connectivity index (χ0n) is 23.5. The molecule has 3 amide bonds. The molecule has 1 aliphatic heterocycles. The minimum atomic E-state index is -0.725. The first-order valence-corrected chi connectivity index (χ1v) is 13.4. The molecule has 0 spiro atoms. The zero-order valence-corrected chi connectivity index (χ0v) is 23.5. The van der Waals surface area contributed by atoms with Gasteiger partial charge in [0.05, 0.1) is 11.8 Å². The number of amides is 3. The van der Waals surface area contributed by atoms with Crippen LogP contribution in [0.4, 0.5) is 14.6 Å². The second-order valence-electron chi connectivity index (χ2n) is 10.4. The van der Waals surface area contributed by atoms with Gasteiger partial charge in [-0.05, 0) is 62.6 Å². The number of halogens is 2. The van der Waals surface area contributed by atoms with E-state index in [1.165, 1.54) is 37.4 Å². The van der Waals surface area contributed by atoms with Crippen LogP contribution in [0.1, 0.15) is 78.2 Å². The predicted molar refractivity (Wildman–Crippen MR) is 154 cm³/mol. The lowest BCUT2D eigenvalue weighted by Crippen LogP contribution is -2.58. The Bertz CT molecular complexity index is 1540. The number of hydrogen-bond donors (Lipinski definition) is 3. The van der Waals surface area contributed by atoms with Crippen LogP contribution in [-0.4, -0.2) is 44.7 Å². The molecule has 41 heavy (non-hydrogen) atoms. The second-order valence-corrected chi connectivity index (χ2v) is 10.4. The Labute approximate surface area is 237 Å². The number of likely N-dealkylation sites (tertiary alicyclic amines) is 1. The first-order chi connectivity index (χ1) is 19.5. The third-order valence-electron chi connectivity index (χ3n) is 6.96. The molecule has 10 heteroatoms. The Balaban J connectivity index is 1.49. The van der Waals surface area contributed by atoms with Gasteiger partial charge in [0.2, 0.25) is 5.91 Å². The Kier molecular flexibility index (Phi) is 8.80. The molecule has 1 aromatic heterocycles. The molecule has 0 radical (unpaired) electrons. The summed E-state index contributed by atoms with van der Waals surface area (Å²) in [5, 5.41) is 5.18. The van der Waals surface area contributed by atoms with Gasteiger partial charge >= 0.3 is 0 Å². The molecule has 0 bridgehead atoms. The van der Waals surface area contributed by atoms with Crippen molar-refractivity contribution in [3.8, 4) is 0 Å². The highest BCUT2D eigenvalue weighted by molar-refractivity contribution is 5.97. The molecule has 1 aliphatic rings. The lowest BCUT2D eigenvalue weighted by Gasteiger charge is -2.48. The minimum absolute atomic E-state index is 0.130. The van der Waals surface area contributed by atoms with Crippen LogP contribution in [0.3, 0.4) is 0 Å². The van der Waals surface area contributed by atoms with Crippen molar-refractivity contribution >= 4 is 35.2 Å². The smallest absolute Gasteiger partial charge is 0.254 e. The van der Waals surface area contributed by atoms with Crippen LogP contribution in [0.5, 0.6) is 0 Å². The summed E-state index contributed by atoms with van der Waals surface area (Å²) in [5.41, 5.74) is 0.752. The maximum Gasteiger partial charge on any atom is 0.254 e. The van der Waals surface area contributed by atoms with Crippen LogP contribution in [0.2, 0.25) is 0 Å². The van der Waals surface area contributed by atoms with E-state index < -0.39 is 17.5 Å². The number of nitrogens with zero attached hydrogens (tertiary/aromatic N) is 2. The monoisotopic (exact) mass is 561 g/mol. The predicted octanol–water partition coefficient (Wildman–Crippen LogP) is 5.71. The van der Waals surface area contributed by atoms with Crippen molar-refractivity contribution in [1.82, 2.24) is 20.2 Å². The van der Waals surface area contributed by atoms with E-state index >= 15 is 4.39 Å². The third-order valence-corrected chi connectivity index (χ3v) is 6.96. The van der Waals surface area contributed by atoms with E-state index in [4.69, 9.17) is 0 Å². The highest BCUT2D eigenvalue weighted by atomic mass is 19.1. The molecule has 0 aliphatic carbocycles. The molecule has 214 valence electrons. The fourth-order valence-electron chi connectivity index (χ4n) is 4.58. The largest absolute Gasteiger partial charge is 0.348 e. The topological polar surface area (TPSA) is 107 Å². The molecule has 1 saturated heterocycles. The van der Waals surface area contributed by atoms with E-state index in [1.54, 1.807) is 29.2 Å². The maximum absolute atomic E-state index is 15.6. The first kappa shape index (κ1) is 29.4. The van der Waals surface area contributed by atoms with Crippen LogP contribution < -0.4 is 10.6 Å². The van der Waals surface area contributed by atoms with Gasteiger partial charge in [-0.1, -0.05) is 31.2 Å². The molecule has 3 N–H and O–H groups in total. The third kappa shape index (κ3) is 6.77. The van der Waals surface area contributed by atoms with E-state index in [-0.39, 0.29) is 40.6 Å². The molecule has 2 heterocycles. The number of nitrogens with one attached hydrogen (secondary N) is 3. The lowest BCUT2D eigenvalue weighted by atomic mass is 9.88.